The number of carbonyl (C=O) groups excluding carboxylic acids is 3. The number of hydrogen-bond donors (Lipinski definition) is 1. The molecule has 170 valence electrons. The van der Waals surface area contributed by atoms with Gasteiger partial charge in [0.1, 0.15) is 0 Å². The minimum absolute atomic E-state index is 0.00604. The number of ketones is 1. The van der Waals surface area contributed by atoms with E-state index in [-0.39, 0.29) is 30.4 Å². The van der Waals surface area contributed by atoms with Crippen LogP contribution in [0.5, 0.6) is 0 Å². The Bertz CT molecular complexity index is 772. The fourth-order valence-electron chi connectivity index (χ4n) is 4.29. The Morgan fingerprint density at radius 1 is 1.00 bits per heavy atom. The predicted molar refractivity (Wildman–Crippen MR) is 119 cm³/mol. The largest absolute Gasteiger partial charge is 0.385 e. The van der Waals surface area contributed by atoms with Crippen molar-refractivity contribution in [3.8, 4) is 0 Å². The highest BCUT2D eigenvalue weighted by molar-refractivity contribution is 5.98. The first-order valence-electron chi connectivity index (χ1n) is 11.5. The Labute approximate surface area is 185 Å². The molecular weight excluding hydrogens is 394 g/mol. The van der Waals surface area contributed by atoms with Gasteiger partial charge in [-0.3, -0.25) is 19.3 Å². The number of rotatable bonds is 10. The SMILES string of the molecule is COCCCNC(=O)CN1CCN(C(=O)CCC(=O)c2ccc3c(c2)CCCC3)CC1. The van der Waals surface area contributed by atoms with E-state index in [1.165, 1.54) is 24.0 Å². The van der Waals surface area contributed by atoms with Crippen molar-refractivity contribution in [1.82, 2.24) is 15.1 Å². The molecule has 0 radical (unpaired) electrons. The molecule has 3 rings (SSSR count). The van der Waals surface area contributed by atoms with E-state index >= 15 is 0 Å². The normalized spacial score (nSPS) is 16.6. The molecule has 1 aliphatic carbocycles. The summed E-state index contributed by atoms with van der Waals surface area (Å²) in [6, 6.07) is 6.02. The lowest BCUT2D eigenvalue weighted by Crippen LogP contribution is -2.51. The Balaban J connectivity index is 1.36. The number of amides is 2. The fraction of sp³-hybridized carbons (Fsp3) is 0.625. The number of nitrogens with one attached hydrogen (secondary N) is 1. The number of piperazine rings is 1. The summed E-state index contributed by atoms with van der Waals surface area (Å²) in [7, 11) is 1.65. The number of methoxy groups -OCH3 is 1. The third-order valence-electron chi connectivity index (χ3n) is 6.18. The summed E-state index contributed by atoms with van der Waals surface area (Å²) in [5.74, 6) is 0.0759. The molecule has 1 aromatic rings. The Morgan fingerprint density at radius 3 is 2.48 bits per heavy atom. The Kier molecular flexibility index (Phi) is 9.03. The van der Waals surface area contributed by atoms with Crippen molar-refractivity contribution >= 4 is 17.6 Å². The second-order valence-corrected chi connectivity index (χ2v) is 8.47. The van der Waals surface area contributed by atoms with E-state index in [4.69, 9.17) is 4.74 Å². The van der Waals surface area contributed by atoms with Crippen LogP contribution in [0, 0.1) is 0 Å². The van der Waals surface area contributed by atoms with Gasteiger partial charge in [0.25, 0.3) is 0 Å². The molecule has 1 aromatic carbocycles. The molecule has 0 bridgehead atoms. The molecule has 1 saturated heterocycles. The zero-order valence-electron chi connectivity index (χ0n) is 18.7. The van der Waals surface area contributed by atoms with E-state index in [2.05, 4.69) is 16.3 Å². The first kappa shape index (κ1) is 23.4. The van der Waals surface area contributed by atoms with Gasteiger partial charge in [0.05, 0.1) is 6.54 Å². The molecule has 0 aromatic heterocycles. The van der Waals surface area contributed by atoms with Crippen molar-refractivity contribution in [3.05, 3.63) is 34.9 Å². The zero-order chi connectivity index (χ0) is 22.1. The molecule has 0 atom stereocenters. The lowest BCUT2D eigenvalue weighted by atomic mass is 9.89. The van der Waals surface area contributed by atoms with E-state index in [0.29, 0.717) is 45.9 Å². The zero-order valence-corrected chi connectivity index (χ0v) is 18.7. The lowest BCUT2D eigenvalue weighted by Gasteiger charge is -2.34. The van der Waals surface area contributed by atoms with Crippen LogP contribution in [0.3, 0.4) is 0 Å². The molecule has 2 amide bonds. The highest BCUT2D eigenvalue weighted by atomic mass is 16.5. The van der Waals surface area contributed by atoms with E-state index in [1.807, 2.05) is 17.0 Å². The van der Waals surface area contributed by atoms with Crippen LogP contribution in [0.15, 0.2) is 18.2 Å². The summed E-state index contributed by atoms with van der Waals surface area (Å²) in [5, 5.41) is 2.89. The molecule has 0 saturated carbocycles. The van der Waals surface area contributed by atoms with Gasteiger partial charge in [0.15, 0.2) is 5.78 Å². The Hall–Kier alpha value is -2.25. The van der Waals surface area contributed by atoms with Crippen LogP contribution in [-0.2, 0) is 27.2 Å². The standard InChI is InChI=1S/C24H35N3O4/c1-31-16-4-11-25-23(29)18-26-12-14-27(15-13-26)24(30)10-9-22(28)21-8-7-19-5-2-3-6-20(19)17-21/h7-8,17H,2-6,9-16,18H2,1H3,(H,25,29). The monoisotopic (exact) mass is 429 g/mol. The number of hydrogen-bond acceptors (Lipinski definition) is 5. The van der Waals surface area contributed by atoms with Gasteiger partial charge >= 0.3 is 0 Å². The minimum atomic E-state index is 0.00604. The maximum atomic E-state index is 12.6. The molecule has 2 aliphatic rings. The average Bonchev–Trinajstić information content (AvgIpc) is 2.80. The number of fused-ring (bicyclic) bond motifs is 1. The number of carbonyl (C=O) groups is 3. The topological polar surface area (TPSA) is 79.0 Å². The predicted octanol–water partition coefficient (Wildman–Crippen LogP) is 1.83. The molecule has 7 nitrogen and oxygen atoms in total. The van der Waals surface area contributed by atoms with Gasteiger partial charge in [-0.05, 0) is 49.3 Å². The van der Waals surface area contributed by atoms with Crippen molar-refractivity contribution in [3.63, 3.8) is 0 Å². The number of nitrogens with zero attached hydrogens (tertiary/aromatic N) is 2. The van der Waals surface area contributed by atoms with Crippen LogP contribution >= 0.6 is 0 Å². The number of Topliss-reactive ketones (excluding diaryl/α,β-unsaturated/α-hetero) is 1. The summed E-state index contributed by atoms with van der Waals surface area (Å²) < 4.78 is 4.97. The van der Waals surface area contributed by atoms with Crippen molar-refractivity contribution in [1.29, 1.82) is 0 Å². The average molecular weight is 430 g/mol. The molecule has 1 heterocycles. The molecular formula is C24H35N3O4. The van der Waals surface area contributed by atoms with Crippen molar-refractivity contribution < 1.29 is 19.1 Å². The quantitative estimate of drug-likeness (QED) is 0.453. The molecule has 31 heavy (non-hydrogen) atoms. The summed E-state index contributed by atoms with van der Waals surface area (Å²) in [5.41, 5.74) is 3.39. The van der Waals surface area contributed by atoms with Crippen LogP contribution in [0.2, 0.25) is 0 Å². The third-order valence-corrected chi connectivity index (χ3v) is 6.18. The van der Waals surface area contributed by atoms with Gasteiger partial charge in [-0.2, -0.15) is 0 Å². The van der Waals surface area contributed by atoms with Crippen molar-refractivity contribution in [2.75, 3.05) is 53.0 Å². The minimum Gasteiger partial charge on any atom is -0.385 e. The summed E-state index contributed by atoms with van der Waals surface area (Å²) in [4.78, 5) is 41.0. The summed E-state index contributed by atoms with van der Waals surface area (Å²) in [6.07, 6.45) is 5.85. The van der Waals surface area contributed by atoms with Gasteiger partial charge in [-0.15, -0.1) is 0 Å². The lowest BCUT2D eigenvalue weighted by molar-refractivity contribution is -0.133. The highest BCUT2D eigenvalue weighted by Gasteiger charge is 2.23. The van der Waals surface area contributed by atoms with Crippen LogP contribution in [0.25, 0.3) is 0 Å². The van der Waals surface area contributed by atoms with Crippen LogP contribution in [0.4, 0.5) is 0 Å². The smallest absolute Gasteiger partial charge is 0.234 e. The second-order valence-electron chi connectivity index (χ2n) is 8.47. The van der Waals surface area contributed by atoms with Crippen molar-refractivity contribution in [2.24, 2.45) is 0 Å². The number of ether oxygens (including phenoxy) is 1. The number of benzene rings is 1. The second kappa shape index (κ2) is 12.0. The van der Waals surface area contributed by atoms with Gasteiger partial charge in [0, 0.05) is 64.8 Å². The Morgan fingerprint density at radius 2 is 1.74 bits per heavy atom. The van der Waals surface area contributed by atoms with Crippen LogP contribution in [0.1, 0.15) is 53.6 Å². The summed E-state index contributed by atoms with van der Waals surface area (Å²) >= 11 is 0. The first-order valence-corrected chi connectivity index (χ1v) is 11.5. The molecule has 7 heteroatoms. The van der Waals surface area contributed by atoms with Crippen molar-refractivity contribution in [2.45, 2.75) is 44.9 Å². The summed E-state index contributed by atoms with van der Waals surface area (Å²) in [6.45, 7) is 4.16. The molecule has 1 aliphatic heterocycles. The van der Waals surface area contributed by atoms with Gasteiger partial charge in [0.2, 0.25) is 11.8 Å². The molecule has 1 fully saturated rings. The van der Waals surface area contributed by atoms with Gasteiger partial charge in [-0.25, -0.2) is 0 Å². The fourth-order valence-corrected chi connectivity index (χ4v) is 4.29. The first-order chi connectivity index (χ1) is 15.1. The van der Waals surface area contributed by atoms with E-state index in [1.54, 1.807) is 7.11 Å². The van der Waals surface area contributed by atoms with Gasteiger partial charge < -0.3 is 15.0 Å². The maximum Gasteiger partial charge on any atom is 0.234 e. The third kappa shape index (κ3) is 7.14. The van der Waals surface area contributed by atoms with Crippen LogP contribution in [-0.4, -0.2) is 80.4 Å². The van der Waals surface area contributed by atoms with Crippen LogP contribution < -0.4 is 5.32 Å². The van der Waals surface area contributed by atoms with E-state index in [9.17, 15) is 14.4 Å². The molecule has 1 N–H and O–H groups in total. The molecule has 0 spiro atoms. The van der Waals surface area contributed by atoms with E-state index < -0.39 is 0 Å². The highest BCUT2D eigenvalue weighted by Crippen LogP contribution is 2.23. The maximum absolute atomic E-state index is 12.6. The molecule has 0 unspecified atom stereocenters. The van der Waals surface area contributed by atoms with E-state index in [0.717, 1.165) is 24.8 Å². The number of aryl methyl sites for hydroxylation is 2. The van der Waals surface area contributed by atoms with Gasteiger partial charge in [-0.1, -0.05) is 12.1 Å².